The Bertz CT molecular complexity index is 307. The highest BCUT2D eigenvalue weighted by Crippen LogP contribution is 2.22. The average molecular weight is 256 g/mol. The van der Waals surface area contributed by atoms with Crippen molar-refractivity contribution in [2.45, 2.75) is 52.2 Å². The van der Waals surface area contributed by atoms with Crippen LogP contribution in [0.15, 0.2) is 0 Å². The summed E-state index contributed by atoms with van der Waals surface area (Å²) in [7, 11) is 0. The van der Waals surface area contributed by atoms with Crippen LogP contribution < -0.4 is 5.32 Å². The van der Waals surface area contributed by atoms with Gasteiger partial charge in [-0.2, -0.15) is 0 Å². The lowest BCUT2D eigenvalue weighted by atomic mass is 9.89. The normalized spacial score (nSPS) is 25.7. The molecule has 0 aromatic rings. The summed E-state index contributed by atoms with van der Waals surface area (Å²) in [6.07, 6.45) is 1.93. The molecule has 0 radical (unpaired) electrons. The number of rotatable bonds is 4. The van der Waals surface area contributed by atoms with Crippen molar-refractivity contribution in [2.24, 2.45) is 5.92 Å². The first kappa shape index (κ1) is 15.0. The quantitative estimate of drug-likeness (QED) is 0.770. The maximum atomic E-state index is 11.5. The largest absolute Gasteiger partial charge is 0.393 e. The zero-order valence-electron chi connectivity index (χ0n) is 11.5. The van der Waals surface area contributed by atoms with Gasteiger partial charge in [-0.25, -0.2) is 0 Å². The lowest BCUT2D eigenvalue weighted by Crippen LogP contribution is -2.52. The predicted octanol–water partition coefficient (Wildman–Crippen LogP) is 0.520. The molecule has 2 amide bonds. The van der Waals surface area contributed by atoms with Crippen LogP contribution in [0.4, 0.5) is 0 Å². The number of nitrogens with one attached hydrogen (secondary N) is 1. The van der Waals surface area contributed by atoms with E-state index in [1.165, 1.54) is 6.92 Å². The van der Waals surface area contributed by atoms with Crippen molar-refractivity contribution in [3.05, 3.63) is 0 Å². The molecule has 1 saturated heterocycles. The van der Waals surface area contributed by atoms with E-state index in [4.69, 9.17) is 0 Å². The van der Waals surface area contributed by atoms with Gasteiger partial charge in [0.25, 0.3) is 0 Å². The average Bonchev–Trinajstić information content (AvgIpc) is 2.27. The number of aliphatic hydroxyl groups is 1. The summed E-state index contributed by atoms with van der Waals surface area (Å²) in [5, 5.41) is 12.6. The highest BCUT2D eigenvalue weighted by Gasteiger charge is 2.29. The molecule has 1 aliphatic rings. The molecule has 1 rings (SSSR count). The van der Waals surface area contributed by atoms with E-state index in [0.717, 1.165) is 12.8 Å². The molecular formula is C13H24N2O3. The standard InChI is InChI=1S/C13H24N2O3/c1-4-13(18)6-11-5-12(14-9(2)16)8-15(7-11)10(3)17/h11-13,18H,4-8H2,1-3H3,(H,14,16). The summed E-state index contributed by atoms with van der Waals surface area (Å²) in [6, 6.07) is 0.00852. The van der Waals surface area contributed by atoms with Crippen molar-refractivity contribution in [3.8, 4) is 0 Å². The van der Waals surface area contributed by atoms with Crippen LogP contribution in [0.5, 0.6) is 0 Å². The Balaban J connectivity index is 2.61. The highest BCUT2D eigenvalue weighted by molar-refractivity contribution is 5.74. The van der Waals surface area contributed by atoms with Crippen LogP contribution in [-0.2, 0) is 9.59 Å². The van der Waals surface area contributed by atoms with E-state index in [9.17, 15) is 14.7 Å². The Kier molecular flexibility index (Phi) is 5.59. The third-order valence-corrected chi connectivity index (χ3v) is 3.47. The molecule has 0 aliphatic carbocycles. The molecular weight excluding hydrogens is 232 g/mol. The summed E-state index contributed by atoms with van der Waals surface area (Å²) >= 11 is 0. The van der Waals surface area contributed by atoms with Crippen molar-refractivity contribution in [3.63, 3.8) is 0 Å². The minimum atomic E-state index is -0.320. The van der Waals surface area contributed by atoms with E-state index in [0.29, 0.717) is 19.5 Å². The first-order chi connectivity index (χ1) is 8.42. The van der Waals surface area contributed by atoms with Crippen LogP contribution in [0.1, 0.15) is 40.0 Å². The van der Waals surface area contributed by atoms with Gasteiger partial charge in [-0.1, -0.05) is 6.92 Å². The van der Waals surface area contributed by atoms with Gasteiger partial charge >= 0.3 is 0 Å². The van der Waals surface area contributed by atoms with Crippen molar-refractivity contribution < 1.29 is 14.7 Å². The van der Waals surface area contributed by atoms with Crippen LogP contribution >= 0.6 is 0 Å². The van der Waals surface area contributed by atoms with Crippen molar-refractivity contribution >= 4 is 11.8 Å². The van der Waals surface area contributed by atoms with Crippen molar-refractivity contribution in [1.29, 1.82) is 0 Å². The summed E-state index contributed by atoms with van der Waals surface area (Å²) in [5.41, 5.74) is 0. The molecule has 0 saturated carbocycles. The SMILES string of the molecule is CCC(O)CC1CC(NC(C)=O)CN(C(C)=O)C1. The molecule has 2 N–H and O–H groups in total. The third kappa shape index (κ3) is 4.64. The minimum absolute atomic E-state index is 0.00852. The minimum Gasteiger partial charge on any atom is -0.393 e. The summed E-state index contributed by atoms with van der Waals surface area (Å²) in [5.74, 6) is 0.218. The van der Waals surface area contributed by atoms with E-state index in [1.807, 2.05) is 6.92 Å². The Morgan fingerprint density at radius 1 is 1.39 bits per heavy atom. The van der Waals surface area contributed by atoms with E-state index in [2.05, 4.69) is 5.32 Å². The van der Waals surface area contributed by atoms with Crippen LogP contribution in [0.3, 0.4) is 0 Å². The molecule has 1 fully saturated rings. The van der Waals surface area contributed by atoms with Gasteiger partial charge in [-0.05, 0) is 25.2 Å². The highest BCUT2D eigenvalue weighted by atomic mass is 16.3. The molecule has 1 heterocycles. The van der Waals surface area contributed by atoms with Crippen LogP contribution in [0.2, 0.25) is 0 Å². The fourth-order valence-electron chi connectivity index (χ4n) is 2.58. The van der Waals surface area contributed by atoms with Gasteiger partial charge in [0.05, 0.1) is 6.10 Å². The Hall–Kier alpha value is -1.10. The third-order valence-electron chi connectivity index (χ3n) is 3.47. The lowest BCUT2D eigenvalue weighted by Gasteiger charge is -2.38. The van der Waals surface area contributed by atoms with E-state index in [1.54, 1.807) is 11.8 Å². The summed E-state index contributed by atoms with van der Waals surface area (Å²) < 4.78 is 0. The number of aliphatic hydroxyl groups excluding tert-OH is 1. The number of nitrogens with zero attached hydrogens (tertiary/aromatic N) is 1. The second-order valence-corrected chi connectivity index (χ2v) is 5.22. The monoisotopic (exact) mass is 256 g/mol. The molecule has 0 aromatic heterocycles. The van der Waals surface area contributed by atoms with Gasteiger partial charge in [-0.3, -0.25) is 9.59 Å². The molecule has 0 spiro atoms. The first-order valence-electron chi connectivity index (χ1n) is 6.63. The molecule has 1 aliphatic heterocycles. The fourth-order valence-corrected chi connectivity index (χ4v) is 2.58. The maximum Gasteiger partial charge on any atom is 0.219 e. The number of hydrogen-bond acceptors (Lipinski definition) is 3. The number of carbonyl (C=O) groups excluding carboxylic acids is 2. The van der Waals surface area contributed by atoms with Crippen molar-refractivity contribution in [1.82, 2.24) is 10.2 Å². The number of hydrogen-bond donors (Lipinski definition) is 2. The molecule has 3 atom stereocenters. The van der Waals surface area contributed by atoms with Gasteiger partial charge in [-0.15, -0.1) is 0 Å². The Morgan fingerprint density at radius 3 is 2.56 bits per heavy atom. The van der Waals surface area contributed by atoms with Gasteiger partial charge in [0.15, 0.2) is 0 Å². The molecule has 3 unspecified atom stereocenters. The van der Waals surface area contributed by atoms with E-state index in [-0.39, 0.29) is 29.9 Å². The van der Waals surface area contributed by atoms with Gasteiger partial charge < -0.3 is 15.3 Å². The van der Waals surface area contributed by atoms with Gasteiger partial charge in [0.1, 0.15) is 0 Å². The predicted molar refractivity (Wildman–Crippen MR) is 68.9 cm³/mol. The molecule has 5 heteroatoms. The van der Waals surface area contributed by atoms with Crippen molar-refractivity contribution in [2.75, 3.05) is 13.1 Å². The van der Waals surface area contributed by atoms with Crippen LogP contribution in [-0.4, -0.2) is 47.1 Å². The zero-order chi connectivity index (χ0) is 13.7. The lowest BCUT2D eigenvalue weighted by molar-refractivity contribution is -0.132. The number of carbonyl (C=O) groups is 2. The molecule has 0 bridgehead atoms. The molecule has 0 aromatic carbocycles. The van der Waals surface area contributed by atoms with E-state index < -0.39 is 0 Å². The smallest absolute Gasteiger partial charge is 0.219 e. The Morgan fingerprint density at radius 2 is 2.06 bits per heavy atom. The first-order valence-corrected chi connectivity index (χ1v) is 6.63. The molecule has 18 heavy (non-hydrogen) atoms. The van der Waals surface area contributed by atoms with Crippen LogP contribution in [0.25, 0.3) is 0 Å². The number of piperidine rings is 1. The van der Waals surface area contributed by atoms with Gasteiger partial charge in [0, 0.05) is 33.0 Å². The summed E-state index contributed by atoms with van der Waals surface area (Å²) in [6.45, 7) is 6.24. The number of amides is 2. The maximum absolute atomic E-state index is 11.5. The second kappa shape index (κ2) is 6.73. The zero-order valence-corrected chi connectivity index (χ0v) is 11.5. The van der Waals surface area contributed by atoms with E-state index >= 15 is 0 Å². The topological polar surface area (TPSA) is 69.6 Å². The number of likely N-dealkylation sites (tertiary alicyclic amines) is 1. The van der Waals surface area contributed by atoms with Gasteiger partial charge in [0.2, 0.25) is 11.8 Å². The second-order valence-electron chi connectivity index (χ2n) is 5.22. The molecule has 104 valence electrons. The Labute approximate surface area is 109 Å². The van der Waals surface area contributed by atoms with Crippen LogP contribution in [0, 0.1) is 5.92 Å². The molecule has 5 nitrogen and oxygen atoms in total. The fraction of sp³-hybridized carbons (Fsp3) is 0.846. The summed E-state index contributed by atoms with van der Waals surface area (Å²) in [4.78, 5) is 24.4.